The number of phosphoric ester groups is 1. The lowest BCUT2D eigenvalue weighted by molar-refractivity contribution is -0.220. The largest absolute Gasteiger partial charge is 0.472 e. The molecule has 9 N–H and O–H groups in total. The summed E-state index contributed by atoms with van der Waals surface area (Å²) in [6, 6.07) is -1.15. The second-order valence-electron chi connectivity index (χ2n) is 16.1. The van der Waals surface area contributed by atoms with Gasteiger partial charge in [-0.15, -0.1) is 0 Å². The van der Waals surface area contributed by atoms with Crippen LogP contribution in [0.4, 0.5) is 0 Å². The van der Waals surface area contributed by atoms with Gasteiger partial charge in [-0.1, -0.05) is 154 Å². The number of nitrogens with one attached hydrogen (secondary N) is 1. The van der Waals surface area contributed by atoms with Gasteiger partial charge in [0.1, 0.15) is 36.6 Å². The molecule has 1 rings (SSSR count). The van der Waals surface area contributed by atoms with Gasteiger partial charge in [-0.3, -0.25) is 13.8 Å². The number of hydrogen-bond acceptors (Lipinski definition) is 11. The van der Waals surface area contributed by atoms with Crippen molar-refractivity contribution in [1.29, 1.82) is 0 Å². The summed E-state index contributed by atoms with van der Waals surface area (Å²) in [5.74, 6) is -0.566. The van der Waals surface area contributed by atoms with Gasteiger partial charge >= 0.3 is 7.82 Å². The van der Waals surface area contributed by atoms with E-state index in [1.807, 2.05) is 0 Å². The Kier molecular flexibility index (Phi) is 31.1. The smallest absolute Gasteiger partial charge is 0.393 e. The van der Waals surface area contributed by atoms with Crippen molar-refractivity contribution >= 4 is 13.7 Å². The number of unbranched alkanes of at least 4 members (excludes halogenated alkanes) is 21. The van der Waals surface area contributed by atoms with Crippen LogP contribution in [0.1, 0.15) is 187 Å². The molecule has 1 aliphatic rings. The maximum Gasteiger partial charge on any atom is 0.472 e. The van der Waals surface area contributed by atoms with Gasteiger partial charge in [0.15, 0.2) is 0 Å². The molecule has 0 saturated heterocycles. The SMILES string of the molecule is CCCCCC/C=C\CCCCCCCC(O)CC(=O)NC(COP(=O)(O)OC1C(O)C(O)C(O)C(O)C1O)C(O)CCCCCCCCCCCCCCC. The van der Waals surface area contributed by atoms with Gasteiger partial charge < -0.3 is 46.0 Å². The summed E-state index contributed by atoms with van der Waals surface area (Å²) in [5.41, 5.74) is 0. The van der Waals surface area contributed by atoms with Crippen LogP contribution in [-0.2, 0) is 18.4 Å². The molecule has 1 amide bonds. The first-order valence-corrected chi connectivity index (χ1v) is 23.7. The number of phosphoric acid groups is 1. The third-order valence-electron chi connectivity index (χ3n) is 10.9. The van der Waals surface area contributed by atoms with Gasteiger partial charge in [0.2, 0.25) is 5.91 Å². The first-order chi connectivity index (χ1) is 26.8. The quantitative estimate of drug-likeness (QED) is 0.0184. The van der Waals surface area contributed by atoms with Gasteiger partial charge in [-0.2, -0.15) is 0 Å². The molecule has 8 unspecified atom stereocenters. The molecule has 1 saturated carbocycles. The van der Waals surface area contributed by atoms with Gasteiger partial charge in [0, 0.05) is 0 Å². The van der Waals surface area contributed by atoms with E-state index in [1.165, 1.54) is 77.0 Å². The average Bonchev–Trinajstić information content (AvgIpc) is 3.17. The Hall–Kier alpha value is -0.960. The van der Waals surface area contributed by atoms with E-state index in [0.29, 0.717) is 12.8 Å². The standard InChI is InChI=1S/C42H82NO12P/c1-3-5-7-9-11-13-15-17-19-21-23-25-27-29-33(44)31-36(46)43-34(35(45)30-28-26-24-22-20-18-16-14-12-10-8-6-4-2)32-54-56(52,53)55-42-40(50)38(48)37(47)39(49)41(42)51/h13,15,33-35,37-42,44-45,47-51H,3-12,14,16-32H2,1-2H3,(H,43,46)(H,52,53)/b15-13-. The highest BCUT2D eigenvalue weighted by Gasteiger charge is 2.51. The third kappa shape index (κ3) is 24.8. The minimum absolute atomic E-state index is 0.225. The van der Waals surface area contributed by atoms with Gasteiger partial charge in [-0.25, -0.2) is 4.57 Å². The number of allylic oxidation sites excluding steroid dienone is 2. The Morgan fingerprint density at radius 3 is 1.48 bits per heavy atom. The van der Waals surface area contributed by atoms with Crippen LogP contribution in [0.5, 0.6) is 0 Å². The van der Waals surface area contributed by atoms with Crippen LogP contribution in [0.2, 0.25) is 0 Å². The predicted molar refractivity (Wildman–Crippen MR) is 220 cm³/mol. The molecule has 0 spiro atoms. The lowest BCUT2D eigenvalue weighted by Gasteiger charge is -2.41. The molecule has 0 radical (unpaired) electrons. The molecule has 332 valence electrons. The van der Waals surface area contributed by atoms with Crippen LogP contribution in [0.25, 0.3) is 0 Å². The molecule has 14 heteroatoms. The zero-order chi connectivity index (χ0) is 41.6. The van der Waals surface area contributed by atoms with Crippen LogP contribution in [0.3, 0.4) is 0 Å². The van der Waals surface area contributed by atoms with E-state index in [0.717, 1.165) is 70.6 Å². The van der Waals surface area contributed by atoms with Crippen LogP contribution in [0, 0.1) is 0 Å². The van der Waals surface area contributed by atoms with E-state index >= 15 is 0 Å². The highest BCUT2D eigenvalue weighted by Crippen LogP contribution is 2.47. The fourth-order valence-corrected chi connectivity index (χ4v) is 8.15. The monoisotopic (exact) mass is 824 g/mol. The summed E-state index contributed by atoms with van der Waals surface area (Å²) in [5, 5.41) is 74.4. The molecule has 0 bridgehead atoms. The fourth-order valence-electron chi connectivity index (χ4n) is 7.18. The van der Waals surface area contributed by atoms with E-state index in [1.54, 1.807) is 0 Å². The first-order valence-electron chi connectivity index (χ1n) is 22.2. The maximum atomic E-state index is 13.0. The number of hydrogen-bond donors (Lipinski definition) is 9. The fraction of sp³-hybridized carbons (Fsp3) is 0.929. The molecule has 13 nitrogen and oxygen atoms in total. The number of carbonyl (C=O) groups is 1. The number of amides is 1. The van der Waals surface area contributed by atoms with E-state index in [2.05, 4.69) is 31.3 Å². The predicted octanol–water partition coefficient (Wildman–Crippen LogP) is 6.64. The van der Waals surface area contributed by atoms with Crippen molar-refractivity contribution in [3.8, 4) is 0 Å². The summed E-state index contributed by atoms with van der Waals surface area (Å²) in [6.07, 6.45) is 18.3. The van der Waals surface area contributed by atoms with Crippen LogP contribution >= 0.6 is 7.82 Å². The Bertz CT molecular complexity index is 1020. The highest BCUT2D eigenvalue weighted by atomic mass is 31.2. The van der Waals surface area contributed by atoms with Crippen molar-refractivity contribution in [3.63, 3.8) is 0 Å². The van der Waals surface area contributed by atoms with Crippen molar-refractivity contribution in [3.05, 3.63) is 12.2 Å². The summed E-state index contributed by atoms with van der Waals surface area (Å²) in [7, 11) is -5.11. The molecular formula is C42H82NO12P. The Balaban J connectivity index is 2.56. The number of carbonyl (C=O) groups excluding carboxylic acids is 1. The molecule has 1 aliphatic carbocycles. The van der Waals surface area contributed by atoms with E-state index < -0.39 is 75.2 Å². The lowest BCUT2D eigenvalue weighted by atomic mass is 9.85. The zero-order valence-corrected chi connectivity index (χ0v) is 35.7. The van der Waals surface area contributed by atoms with Crippen molar-refractivity contribution in [2.24, 2.45) is 0 Å². The van der Waals surface area contributed by atoms with Gasteiger partial charge in [-0.05, 0) is 38.5 Å². The number of aliphatic hydroxyl groups excluding tert-OH is 7. The van der Waals surface area contributed by atoms with Crippen molar-refractivity contribution in [2.75, 3.05) is 6.61 Å². The third-order valence-corrected chi connectivity index (χ3v) is 11.9. The zero-order valence-electron chi connectivity index (χ0n) is 34.8. The van der Waals surface area contributed by atoms with Crippen LogP contribution in [0.15, 0.2) is 12.2 Å². The summed E-state index contributed by atoms with van der Waals surface area (Å²) in [6.45, 7) is 3.75. The van der Waals surface area contributed by atoms with Crippen LogP contribution in [-0.4, -0.2) is 108 Å². The molecule has 0 aromatic heterocycles. The Morgan fingerprint density at radius 1 is 0.607 bits per heavy atom. The molecule has 8 atom stereocenters. The number of aliphatic hydroxyl groups is 7. The summed E-state index contributed by atoms with van der Waals surface area (Å²) < 4.78 is 22.9. The minimum atomic E-state index is -5.11. The highest BCUT2D eigenvalue weighted by molar-refractivity contribution is 7.47. The van der Waals surface area contributed by atoms with Crippen molar-refractivity contribution < 1.29 is 59.0 Å². The molecule has 0 aromatic carbocycles. The van der Waals surface area contributed by atoms with Crippen molar-refractivity contribution in [2.45, 2.75) is 242 Å². The van der Waals surface area contributed by atoms with Gasteiger partial charge in [0.05, 0.1) is 31.3 Å². The minimum Gasteiger partial charge on any atom is -0.393 e. The molecule has 0 aliphatic heterocycles. The van der Waals surface area contributed by atoms with Crippen molar-refractivity contribution in [1.82, 2.24) is 5.32 Å². The van der Waals surface area contributed by atoms with E-state index in [4.69, 9.17) is 9.05 Å². The van der Waals surface area contributed by atoms with E-state index in [-0.39, 0.29) is 12.8 Å². The first kappa shape index (κ1) is 53.1. The molecular weight excluding hydrogens is 741 g/mol. The summed E-state index contributed by atoms with van der Waals surface area (Å²) >= 11 is 0. The van der Waals surface area contributed by atoms with Crippen LogP contribution < -0.4 is 5.32 Å². The molecule has 0 heterocycles. The Labute approximate surface area is 338 Å². The van der Waals surface area contributed by atoms with Gasteiger partial charge in [0.25, 0.3) is 0 Å². The molecule has 0 aromatic rings. The molecule has 56 heavy (non-hydrogen) atoms. The number of rotatable bonds is 36. The lowest BCUT2D eigenvalue weighted by Crippen LogP contribution is -2.64. The molecule has 1 fully saturated rings. The maximum absolute atomic E-state index is 13.0. The summed E-state index contributed by atoms with van der Waals surface area (Å²) in [4.78, 5) is 23.4. The second kappa shape index (κ2) is 32.8. The topological polar surface area (TPSA) is 226 Å². The van der Waals surface area contributed by atoms with E-state index in [9.17, 15) is 50.0 Å². The normalized spacial score (nSPS) is 24.2. The Morgan fingerprint density at radius 2 is 1.00 bits per heavy atom. The average molecular weight is 824 g/mol. The second-order valence-corrected chi connectivity index (χ2v) is 17.5.